The van der Waals surface area contributed by atoms with Crippen molar-refractivity contribution in [3.05, 3.63) is 59.9 Å². The molecule has 1 atom stereocenters. The topological polar surface area (TPSA) is 72.4 Å². The van der Waals surface area contributed by atoms with Gasteiger partial charge in [-0.2, -0.15) is 4.98 Å². The molecule has 25 heavy (non-hydrogen) atoms. The number of benzene rings is 1. The number of rotatable bonds is 3. The van der Waals surface area contributed by atoms with Gasteiger partial charge in [0.15, 0.2) is 5.76 Å². The maximum absolute atomic E-state index is 13.9. The Hall–Kier alpha value is -3.03. The van der Waals surface area contributed by atoms with Crippen LogP contribution < -0.4 is 0 Å². The van der Waals surface area contributed by atoms with Crippen molar-refractivity contribution in [3.8, 4) is 11.4 Å². The SMILES string of the molecule is O=C(c1ccco1)N1CCC[C@H]1c1nc(-c2ccc(F)cc2F)no1. The molecular weight excluding hydrogens is 332 g/mol. The summed E-state index contributed by atoms with van der Waals surface area (Å²) in [5.74, 6) is -1.25. The van der Waals surface area contributed by atoms with E-state index in [9.17, 15) is 13.6 Å². The summed E-state index contributed by atoms with van der Waals surface area (Å²) < 4.78 is 37.3. The molecule has 0 spiro atoms. The molecule has 1 aromatic carbocycles. The average molecular weight is 345 g/mol. The second-order valence-corrected chi connectivity index (χ2v) is 5.71. The summed E-state index contributed by atoms with van der Waals surface area (Å²) >= 11 is 0. The standard InChI is InChI=1S/C17H13F2N3O3/c18-10-5-6-11(12(19)9-10)15-20-16(25-21-15)13-3-1-7-22(13)17(23)14-4-2-8-24-14/h2,4-6,8-9,13H,1,3,7H2/t13-/m0/s1. The second-order valence-electron chi connectivity index (χ2n) is 5.71. The van der Waals surface area contributed by atoms with Crippen LogP contribution in [0.15, 0.2) is 45.5 Å². The van der Waals surface area contributed by atoms with Gasteiger partial charge in [0.05, 0.1) is 11.8 Å². The van der Waals surface area contributed by atoms with Crippen molar-refractivity contribution in [1.29, 1.82) is 0 Å². The fourth-order valence-electron chi connectivity index (χ4n) is 2.96. The van der Waals surface area contributed by atoms with E-state index in [-0.39, 0.29) is 28.9 Å². The molecule has 0 unspecified atom stereocenters. The van der Waals surface area contributed by atoms with Crippen molar-refractivity contribution in [2.24, 2.45) is 0 Å². The summed E-state index contributed by atoms with van der Waals surface area (Å²) in [4.78, 5) is 18.3. The Morgan fingerprint density at radius 2 is 2.16 bits per heavy atom. The van der Waals surface area contributed by atoms with E-state index in [1.807, 2.05) is 0 Å². The van der Waals surface area contributed by atoms with Crippen molar-refractivity contribution >= 4 is 5.91 Å². The molecule has 0 bridgehead atoms. The summed E-state index contributed by atoms with van der Waals surface area (Å²) in [7, 11) is 0. The largest absolute Gasteiger partial charge is 0.459 e. The van der Waals surface area contributed by atoms with Gasteiger partial charge in [0.25, 0.3) is 5.91 Å². The van der Waals surface area contributed by atoms with Gasteiger partial charge in [-0.15, -0.1) is 0 Å². The predicted molar refractivity (Wildman–Crippen MR) is 81.4 cm³/mol. The Labute approximate surface area is 141 Å². The summed E-state index contributed by atoms with van der Waals surface area (Å²) in [6.45, 7) is 0.535. The van der Waals surface area contributed by atoms with Crippen LogP contribution in [0, 0.1) is 11.6 Å². The van der Waals surface area contributed by atoms with Crippen LogP contribution in [-0.4, -0.2) is 27.5 Å². The average Bonchev–Trinajstić information content (AvgIpc) is 3.34. The summed E-state index contributed by atoms with van der Waals surface area (Å²) in [6.07, 6.45) is 2.86. The smallest absolute Gasteiger partial charge is 0.290 e. The maximum Gasteiger partial charge on any atom is 0.290 e. The Kier molecular flexibility index (Phi) is 3.79. The number of carbonyl (C=O) groups excluding carboxylic acids is 1. The number of carbonyl (C=O) groups is 1. The highest BCUT2D eigenvalue weighted by Crippen LogP contribution is 2.33. The Morgan fingerprint density at radius 3 is 2.92 bits per heavy atom. The van der Waals surface area contributed by atoms with Crippen LogP contribution in [0.5, 0.6) is 0 Å². The Morgan fingerprint density at radius 1 is 1.28 bits per heavy atom. The third-order valence-electron chi connectivity index (χ3n) is 4.14. The highest BCUT2D eigenvalue weighted by atomic mass is 19.1. The van der Waals surface area contributed by atoms with Crippen LogP contribution in [0.25, 0.3) is 11.4 Å². The first-order valence-electron chi connectivity index (χ1n) is 7.77. The lowest BCUT2D eigenvalue weighted by Crippen LogP contribution is -2.30. The molecular formula is C17H13F2N3O3. The molecule has 1 aliphatic rings. The monoisotopic (exact) mass is 345 g/mol. The van der Waals surface area contributed by atoms with Gasteiger partial charge < -0.3 is 13.8 Å². The van der Waals surface area contributed by atoms with Gasteiger partial charge in [-0.3, -0.25) is 4.79 Å². The second kappa shape index (κ2) is 6.12. The molecule has 2 aromatic heterocycles. The molecule has 3 aromatic rings. The molecule has 3 heterocycles. The number of likely N-dealkylation sites (tertiary alicyclic amines) is 1. The number of nitrogens with zero attached hydrogens (tertiary/aromatic N) is 3. The first kappa shape index (κ1) is 15.5. The molecule has 0 aliphatic carbocycles. The van der Waals surface area contributed by atoms with Gasteiger partial charge in [-0.05, 0) is 37.1 Å². The Bertz CT molecular complexity index is 908. The van der Waals surface area contributed by atoms with E-state index in [1.54, 1.807) is 17.0 Å². The zero-order chi connectivity index (χ0) is 17.4. The predicted octanol–water partition coefficient (Wildman–Crippen LogP) is 3.59. The van der Waals surface area contributed by atoms with Gasteiger partial charge in [0, 0.05) is 12.6 Å². The zero-order valence-corrected chi connectivity index (χ0v) is 13.0. The molecule has 0 radical (unpaired) electrons. The molecule has 128 valence electrons. The van der Waals surface area contributed by atoms with Crippen molar-refractivity contribution in [2.75, 3.05) is 6.54 Å². The summed E-state index contributed by atoms with van der Waals surface area (Å²) in [5, 5.41) is 3.77. The molecule has 1 saturated heterocycles. The van der Waals surface area contributed by atoms with Crippen molar-refractivity contribution < 1.29 is 22.5 Å². The fourth-order valence-corrected chi connectivity index (χ4v) is 2.96. The minimum Gasteiger partial charge on any atom is -0.459 e. The van der Waals surface area contributed by atoms with Crippen LogP contribution in [0.2, 0.25) is 0 Å². The zero-order valence-electron chi connectivity index (χ0n) is 13.0. The Balaban J connectivity index is 1.62. The quantitative estimate of drug-likeness (QED) is 0.725. The lowest BCUT2D eigenvalue weighted by Gasteiger charge is -2.20. The lowest BCUT2D eigenvalue weighted by atomic mass is 10.2. The van der Waals surface area contributed by atoms with E-state index in [2.05, 4.69) is 10.1 Å². The normalized spacial score (nSPS) is 17.2. The molecule has 0 N–H and O–H groups in total. The summed E-state index contributed by atoms with van der Waals surface area (Å²) in [5.41, 5.74) is 0.0401. The van der Waals surface area contributed by atoms with Gasteiger partial charge in [-0.1, -0.05) is 5.16 Å². The number of halogens is 2. The minimum atomic E-state index is -0.776. The first-order chi connectivity index (χ1) is 12.1. The molecule has 6 nitrogen and oxygen atoms in total. The number of furan rings is 1. The van der Waals surface area contributed by atoms with E-state index in [0.29, 0.717) is 13.0 Å². The first-order valence-corrected chi connectivity index (χ1v) is 7.77. The number of aromatic nitrogens is 2. The molecule has 0 saturated carbocycles. The fraction of sp³-hybridized carbons (Fsp3) is 0.235. The minimum absolute atomic E-state index is 0.0183. The van der Waals surface area contributed by atoms with Crippen LogP contribution in [0.3, 0.4) is 0 Å². The van der Waals surface area contributed by atoms with Crippen molar-refractivity contribution in [2.45, 2.75) is 18.9 Å². The molecule has 8 heteroatoms. The van der Waals surface area contributed by atoms with Crippen LogP contribution in [0.1, 0.15) is 35.3 Å². The molecule has 4 rings (SSSR count). The van der Waals surface area contributed by atoms with Crippen molar-refractivity contribution in [3.63, 3.8) is 0 Å². The maximum atomic E-state index is 13.9. The van der Waals surface area contributed by atoms with E-state index in [4.69, 9.17) is 8.94 Å². The van der Waals surface area contributed by atoms with E-state index < -0.39 is 17.7 Å². The van der Waals surface area contributed by atoms with Crippen LogP contribution >= 0.6 is 0 Å². The third-order valence-corrected chi connectivity index (χ3v) is 4.14. The van der Waals surface area contributed by atoms with Crippen LogP contribution in [0.4, 0.5) is 8.78 Å². The lowest BCUT2D eigenvalue weighted by molar-refractivity contribution is 0.0678. The molecule has 1 aliphatic heterocycles. The van der Waals surface area contributed by atoms with Gasteiger partial charge in [-0.25, -0.2) is 8.78 Å². The number of hydrogen-bond acceptors (Lipinski definition) is 5. The van der Waals surface area contributed by atoms with Crippen molar-refractivity contribution in [1.82, 2.24) is 15.0 Å². The summed E-state index contributed by atoms with van der Waals surface area (Å²) in [6, 6.07) is 5.96. The molecule has 1 fully saturated rings. The number of hydrogen-bond donors (Lipinski definition) is 0. The molecule has 1 amide bonds. The van der Waals surface area contributed by atoms with Gasteiger partial charge in [0.2, 0.25) is 11.7 Å². The van der Waals surface area contributed by atoms with Gasteiger partial charge in [0.1, 0.15) is 17.7 Å². The van der Waals surface area contributed by atoms with E-state index in [0.717, 1.165) is 18.6 Å². The van der Waals surface area contributed by atoms with E-state index in [1.165, 1.54) is 12.3 Å². The highest BCUT2D eigenvalue weighted by molar-refractivity contribution is 5.91. The van der Waals surface area contributed by atoms with Gasteiger partial charge >= 0.3 is 0 Å². The highest BCUT2D eigenvalue weighted by Gasteiger charge is 2.35. The van der Waals surface area contributed by atoms with Crippen LogP contribution in [-0.2, 0) is 0 Å². The van der Waals surface area contributed by atoms with E-state index >= 15 is 0 Å². The third kappa shape index (κ3) is 2.79. The number of amides is 1.